The van der Waals surface area contributed by atoms with Crippen molar-refractivity contribution in [1.29, 1.82) is 0 Å². The molecule has 0 unspecified atom stereocenters. The van der Waals surface area contributed by atoms with Gasteiger partial charge in [-0.2, -0.15) is 0 Å². The van der Waals surface area contributed by atoms with E-state index < -0.39 is 5.60 Å². The molecule has 4 rings (SSSR count). The van der Waals surface area contributed by atoms with Gasteiger partial charge in [0.15, 0.2) is 5.16 Å². The number of thioether (sulfide) groups is 1. The molecular formula is C23H25ClN4O3S. The minimum atomic E-state index is -0.580. The van der Waals surface area contributed by atoms with Crippen molar-refractivity contribution in [2.45, 2.75) is 44.0 Å². The molecule has 168 valence electrons. The zero-order valence-corrected chi connectivity index (χ0v) is 20.0. The molecule has 32 heavy (non-hydrogen) atoms. The van der Waals surface area contributed by atoms with Crippen LogP contribution in [0.15, 0.2) is 46.5 Å². The van der Waals surface area contributed by atoms with Gasteiger partial charge in [-0.25, -0.2) is 14.8 Å². The smallest absolute Gasteiger partial charge is 0.410 e. The first-order valence-electron chi connectivity index (χ1n) is 10.4. The Balaban J connectivity index is 1.82. The first kappa shape index (κ1) is 22.6. The van der Waals surface area contributed by atoms with E-state index in [-0.39, 0.29) is 17.7 Å². The molecule has 2 aromatic heterocycles. The standard InChI is InChI=1S/C23H25ClN4O3S/c1-23(2,3)31-22(30)27-10-9-15(13-27)28-19-14(12-25-21(26-19)32-4)11-17(20(28)29)16-7-5-6-8-18(16)24/h5-8,11-12,15H,9-10,13H2,1-4H3/t15-/m0/s1. The van der Waals surface area contributed by atoms with Crippen LogP contribution in [0.3, 0.4) is 0 Å². The van der Waals surface area contributed by atoms with E-state index in [2.05, 4.69) is 9.97 Å². The summed E-state index contributed by atoms with van der Waals surface area (Å²) in [7, 11) is 0. The molecule has 1 saturated heterocycles. The Kier molecular flexibility index (Phi) is 6.18. The van der Waals surface area contributed by atoms with Crippen LogP contribution in [0.5, 0.6) is 0 Å². The second kappa shape index (κ2) is 8.75. The van der Waals surface area contributed by atoms with E-state index in [4.69, 9.17) is 16.3 Å². The predicted octanol–water partition coefficient (Wildman–Crippen LogP) is 5.02. The number of hydrogen-bond acceptors (Lipinski definition) is 6. The van der Waals surface area contributed by atoms with Crippen molar-refractivity contribution in [3.8, 4) is 11.1 Å². The number of carbonyl (C=O) groups excluding carboxylic acids is 1. The molecule has 0 bridgehead atoms. The average molecular weight is 473 g/mol. The first-order valence-corrected chi connectivity index (χ1v) is 12.0. The summed E-state index contributed by atoms with van der Waals surface area (Å²) in [4.78, 5) is 37.0. The average Bonchev–Trinajstić information content (AvgIpc) is 3.22. The highest BCUT2D eigenvalue weighted by molar-refractivity contribution is 7.98. The Bertz CT molecular complexity index is 1240. The van der Waals surface area contributed by atoms with Gasteiger partial charge in [0.25, 0.3) is 5.56 Å². The molecule has 9 heteroatoms. The number of nitrogens with zero attached hydrogens (tertiary/aromatic N) is 4. The molecule has 0 N–H and O–H groups in total. The fourth-order valence-corrected chi connectivity index (χ4v) is 4.43. The Labute approximate surface area is 195 Å². The monoisotopic (exact) mass is 472 g/mol. The number of fused-ring (bicyclic) bond motifs is 1. The number of rotatable bonds is 3. The largest absolute Gasteiger partial charge is 0.444 e. The number of aromatic nitrogens is 3. The third-order valence-electron chi connectivity index (χ3n) is 5.28. The van der Waals surface area contributed by atoms with Gasteiger partial charge in [-0.3, -0.25) is 9.36 Å². The molecule has 0 aliphatic carbocycles. The molecule has 1 aliphatic rings. The maximum absolute atomic E-state index is 13.7. The highest BCUT2D eigenvalue weighted by Gasteiger charge is 2.32. The molecule has 1 aliphatic heterocycles. The molecule has 0 saturated carbocycles. The number of hydrogen-bond donors (Lipinski definition) is 0. The van der Waals surface area contributed by atoms with E-state index in [1.54, 1.807) is 27.8 Å². The summed E-state index contributed by atoms with van der Waals surface area (Å²) >= 11 is 7.83. The topological polar surface area (TPSA) is 77.3 Å². The quantitative estimate of drug-likeness (QED) is 0.393. The van der Waals surface area contributed by atoms with Gasteiger partial charge in [0.05, 0.1) is 6.04 Å². The predicted molar refractivity (Wildman–Crippen MR) is 127 cm³/mol. The fraction of sp³-hybridized carbons (Fsp3) is 0.391. The molecule has 7 nitrogen and oxygen atoms in total. The van der Waals surface area contributed by atoms with E-state index >= 15 is 0 Å². The lowest BCUT2D eigenvalue weighted by molar-refractivity contribution is 0.0289. The second-order valence-corrected chi connectivity index (χ2v) is 9.90. The van der Waals surface area contributed by atoms with Crippen LogP contribution in [0.4, 0.5) is 4.79 Å². The van der Waals surface area contributed by atoms with Crippen LogP contribution >= 0.6 is 23.4 Å². The molecule has 3 heterocycles. The second-order valence-electron chi connectivity index (χ2n) is 8.72. The number of carbonyl (C=O) groups is 1. The van der Waals surface area contributed by atoms with Crippen LogP contribution in [-0.2, 0) is 4.74 Å². The summed E-state index contributed by atoms with van der Waals surface area (Å²) in [6.07, 6.45) is 3.87. The van der Waals surface area contributed by atoms with Gasteiger partial charge in [-0.15, -0.1) is 0 Å². The number of likely N-dealkylation sites (tertiary alicyclic amines) is 1. The summed E-state index contributed by atoms with van der Waals surface area (Å²) in [5, 5.41) is 1.82. The van der Waals surface area contributed by atoms with Crippen LogP contribution < -0.4 is 5.56 Å². The van der Waals surface area contributed by atoms with Crippen molar-refractivity contribution in [2.24, 2.45) is 0 Å². The minimum Gasteiger partial charge on any atom is -0.444 e. The van der Waals surface area contributed by atoms with E-state index in [0.717, 1.165) is 5.39 Å². The minimum absolute atomic E-state index is 0.188. The SMILES string of the molecule is CSc1ncc2cc(-c3ccccc3Cl)c(=O)n([C@H]3CCN(C(=O)OC(C)(C)C)C3)c2n1. The fourth-order valence-electron chi connectivity index (χ4n) is 3.86. The van der Waals surface area contributed by atoms with E-state index in [9.17, 15) is 9.59 Å². The van der Waals surface area contributed by atoms with Crippen molar-refractivity contribution in [3.05, 3.63) is 51.9 Å². The summed E-state index contributed by atoms with van der Waals surface area (Å²) < 4.78 is 7.22. The van der Waals surface area contributed by atoms with Gasteiger partial charge < -0.3 is 9.64 Å². The van der Waals surface area contributed by atoms with Gasteiger partial charge in [-0.05, 0) is 45.6 Å². The third-order valence-corrected chi connectivity index (χ3v) is 6.17. The Morgan fingerprint density at radius 1 is 1.25 bits per heavy atom. The number of amides is 1. The number of benzene rings is 1. The Hall–Kier alpha value is -2.58. The molecule has 0 spiro atoms. The highest BCUT2D eigenvalue weighted by atomic mass is 35.5. The highest BCUT2D eigenvalue weighted by Crippen LogP contribution is 2.31. The summed E-state index contributed by atoms with van der Waals surface area (Å²) in [5.74, 6) is 0. The zero-order chi connectivity index (χ0) is 23.0. The lowest BCUT2D eigenvalue weighted by Gasteiger charge is -2.25. The summed E-state index contributed by atoms with van der Waals surface area (Å²) in [5.41, 5.74) is 0.932. The van der Waals surface area contributed by atoms with Crippen molar-refractivity contribution >= 4 is 40.5 Å². The van der Waals surface area contributed by atoms with E-state index in [0.29, 0.717) is 46.5 Å². The van der Waals surface area contributed by atoms with Crippen LogP contribution in [0.25, 0.3) is 22.2 Å². The van der Waals surface area contributed by atoms with Crippen molar-refractivity contribution < 1.29 is 9.53 Å². The Morgan fingerprint density at radius 3 is 2.69 bits per heavy atom. The number of ether oxygens (including phenoxy) is 1. The van der Waals surface area contributed by atoms with E-state index in [1.165, 1.54) is 11.8 Å². The van der Waals surface area contributed by atoms with Crippen LogP contribution in [-0.4, -0.2) is 50.5 Å². The molecule has 1 fully saturated rings. The van der Waals surface area contributed by atoms with Crippen molar-refractivity contribution in [2.75, 3.05) is 19.3 Å². The van der Waals surface area contributed by atoms with Gasteiger partial charge in [-0.1, -0.05) is 41.6 Å². The molecule has 1 aromatic carbocycles. The van der Waals surface area contributed by atoms with Gasteiger partial charge in [0.2, 0.25) is 0 Å². The van der Waals surface area contributed by atoms with Crippen LogP contribution in [0, 0.1) is 0 Å². The molecule has 1 atom stereocenters. The number of halogens is 1. The maximum atomic E-state index is 13.7. The molecule has 0 radical (unpaired) electrons. The molecule has 3 aromatic rings. The number of pyridine rings is 1. The lowest BCUT2D eigenvalue weighted by atomic mass is 10.1. The summed E-state index contributed by atoms with van der Waals surface area (Å²) in [6.45, 7) is 6.39. The lowest BCUT2D eigenvalue weighted by Crippen LogP contribution is -2.36. The zero-order valence-electron chi connectivity index (χ0n) is 18.5. The summed E-state index contributed by atoms with van der Waals surface area (Å²) in [6, 6.07) is 8.83. The molecule has 1 amide bonds. The first-order chi connectivity index (χ1) is 15.2. The molecular weight excluding hydrogens is 448 g/mol. The normalized spacial score (nSPS) is 16.5. The van der Waals surface area contributed by atoms with Crippen LogP contribution in [0.2, 0.25) is 5.02 Å². The van der Waals surface area contributed by atoms with Crippen molar-refractivity contribution in [3.63, 3.8) is 0 Å². The van der Waals surface area contributed by atoms with E-state index in [1.807, 2.05) is 45.2 Å². The third kappa shape index (κ3) is 4.47. The van der Waals surface area contributed by atoms with Gasteiger partial charge in [0.1, 0.15) is 11.2 Å². The van der Waals surface area contributed by atoms with Gasteiger partial charge in [0, 0.05) is 40.8 Å². The van der Waals surface area contributed by atoms with Crippen LogP contribution in [0.1, 0.15) is 33.2 Å². The maximum Gasteiger partial charge on any atom is 0.410 e. The van der Waals surface area contributed by atoms with Gasteiger partial charge >= 0.3 is 6.09 Å². The Morgan fingerprint density at radius 2 is 2.00 bits per heavy atom. The van der Waals surface area contributed by atoms with Crippen molar-refractivity contribution in [1.82, 2.24) is 19.4 Å².